The third kappa shape index (κ3) is 3.39. The van der Waals surface area contributed by atoms with E-state index < -0.39 is 0 Å². The number of rotatable bonds is 4. The topological polar surface area (TPSA) is 58.3 Å². The van der Waals surface area contributed by atoms with E-state index in [0.29, 0.717) is 23.4 Å². The number of pyridine rings is 1. The minimum Gasteiger partial charge on any atom is -0.391 e. The van der Waals surface area contributed by atoms with Gasteiger partial charge in [0.1, 0.15) is 6.61 Å². The van der Waals surface area contributed by atoms with Crippen LogP contribution in [0.25, 0.3) is 0 Å². The normalized spacial score (nSPS) is 10.8. The third-order valence-electron chi connectivity index (χ3n) is 2.61. The van der Waals surface area contributed by atoms with Crippen LogP contribution in [0, 0.1) is 11.3 Å². The summed E-state index contributed by atoms with van der Waals surface area (Å²) >= 11 is 0. The summed E-state index contributed by atoms with van der Waals surface area (Å²) in [5.41, 5.74) is 2.92. The Bertz CT molecular complexity index is 615. The molecule has 0 saturated heterocycles. The van der Waals surface area contributed by atoms with Gasteiger partial charge in [-0.3, -0.25) is 4.98 Å². The molecule has 0 unspecified atom stereocenters. The molecule has 0 fully saturated rings. The lowest BCUT2D eigenvalue weighted by atomic mass is 10.1. The van der Waals surface area contributed by atoms with Crippen LogP contribution < -0.4 is 0 Å². The van der Waals surface area contributed by atoms with Gasteiger partial charge in [-0.15, -0.1) is 0 Å². The zero-order chi connectivity index (χ0) is 13.5. The predicted octanol–water partition coefficient (Wildman–Crippen LogP) is 2.89. The standard InChI is InChI=1S/C15H13N3O/c1-12(15-10-17-8-7-14(15)9-16)18-19-11-13-5-3-2-4-6-13/h2-8,10H,11H2,1H3. The van der Waals surface area contributed by atoms with Crippen LogP contribution in [0.4, 0.5) is 0 Å². The number of aromatic nitrogens is 1. The smallest absolute Gasteiger partial charge is 0.142 e. The Morgan fingerprint density at radius 2 is 2.11 bits per heavy atom. The summed E-state index contributed by atoms with van der Waals surface area (Å²) in [4.78, 5) is 9.28. The molecule has 0 aliphatic rings. The Hall–Kier alpha value is -2.67. The summed E-state index contributed by atoms with van der Waals surface area (Å²) in [6.45, 7) is 2.20. The van der Waals surface area contributed by atoms with Gasteiger partial charge >= 0.3 is 0 Å². The van der Waals surface area contributed by atoms with E-state index in [4.69, 9.17) is 10.1 Å². The number of hydrogen-bond donors (Lipinski definition) is 0. The second-order valence-electron chi connectivity index (χ2n) is 3.97. The highest BCUT2D eigenvalue weighted by Gasteiger charge is 2.05. The van der Waals surface area contributed by atoms with E-state index >= 15 is 0 Å². The van der Waals surface area contributed by atoms with Crippen molar-refractivity contribution in [3.63, 3.8) is 0 Å². The van der Waals surface area contributed by atoms with Crippen LogP contribution in [-0.2, 0) is 11.4 Å². The van der Waals surface area contributed by atoms with Crippen molar-refractivity contribution in [2.75, 3.05) is 0 Å². The maximum atomic E-state index is 9.00. The SMILES string of the molecule is CC(=NOCc1ccccc1)c1cnccc1C#N. The Morgan fingerprint density at radius 1 is 1.32 bits per heavy atom. The average molecular weight is 251 g/mol. The molecular formula is C15H13N3O. The summed E-state index contributed by atoms with van der Waals surface area (Å²) in [5.74, 6) is 0. The average Bonchev–Trinajstić information content (AvgIpc) is 2.48. The molecule has 19 heavy (non-hydrogen) atoms. The van der Waals surface area contributed by atoms with Crippen LogP contribution in [0.1, 0.15) is 23.6 Å². The number of nitriles is 1. The van der Waals surface area contributed by atoms with Crippen molar-refractivity contribution >= 4 is 5.71 Å². The molecule has 1 aromatic carbocycles. The molecule has 0 bridgehead atoms. The highest BCUT2D eigenvalue weighted by molar-refractivity contribution is 6.00. The van der Waals surface area contributed by atoms with Gasteiger partial charge in [0, 0.05) is 18.0 Å². The van der Waals surface area contributed by atoms with Crippen molar-refractivity contribution in [2.45, 2.75) is 13.5 Å². The van der Waals surface area contributed by atoms with Crippen LogP contribution in [0.3, 0.4) is 0 Å². The Kier molecular flexibility index (Phi) is 4.25. The maximum Gasteiger partial charge on any atom is 0.142 e. The van der Waals surface area contributed by atoms with E-state index in [2.05, 4.69) is 16.2 Å². The molecule has 1 heterocycles. The first kappa shape index (κ1) is 12.8. The molecule has 2 rings (SSSR count). The van der Waals surface area contributed by atoms with Crippen molar-refractivity contribution in [1.82, 2.24) is 4.98 Å². The zero-order valence-electron chi connectivity index (χ0n) is 10.6. The highest BCUT2D eigenvalue weighted by Crippen LogP contribution is 2.08. The Morgan fingerprint density at radius 3 is 2.84 bits per heavy atom. The van der Waals surface area contributed by atoms with Gasteiger partial charge in [-0.05, 0) is 18.6 Å². The second-order valence-corrected chi connectivity index (χ2v) is 3.97. The van der Waals surface area contributed by atoms with Crippen molar-refractivity contribution in [1.29, 1.82) is 5.26 Å². The van der Waals surface area contributed by atoms with E-state index in [1.54, 1.807) is 25.4 Å². The van der Waals surface area contributed by atoms with E-state index in [9.17, 15) is 0 Å². The third-order valence-corrected chi connectivity index (χ3v) is 2.61. The lowest BCUT2D eigenvalue weighted by Gasteiger charge is -2.03. The molecule has 0 aliphatic heterocycles. The van der Waals surface area contributed by atoms with Gasteiger partial charge in [0.05, 0.1) is 17.3 Å². The summed E-state index contributed by atoms with van der Waals surface area (Å²) in [7, 11) is 0. The van der Waals surface area contributed by atoms with Gasteiger partial charge in [0.15, 0.2) is 0 Å². The fraction of sp³-hybridized carbons (Fsp3) is 0.133. The quantitative estimate of drug-likeness (QED) is 0.620. The molecule has 0 atom stereocenters. The van der Waals surface area contributed by atoms with Gasteiger partial charge in [-0.25, -0.2) is 0 Å². The molecule has 4 nitrogen and oxygen atoms in total. The fourth-order valence-electron chi connectivity index (χ4n) is 1.61. The molecule has 0 N–H and O–H groups in total. The molecule has 0 aliphatic carbocycles. The monoisotopic (exact) mass is 251 g/mol. The van der Waals surface area contributed by atoms with Gasteiger partial charge in [-0.1, -0.05) is 35.5 Å². The predicted molar refractivity (Wildman–Crippen MR) is 72.4 cm³/mol. The van der Waals surface area contributed by atoms with Crippen molar-refractivity contribution in [3.8, 4) is 6.07 Å². The molecular weight excluding hydrogens is 238 g/mol. The molecule has 0 spiro atoms. The highest BCUT2D eigenvalue weighted by atomic mass is 16.6. The first-order valence-electron chi connectivity index (χ1n) is 5.86. The summed E-state index contributed by atoms with van der Waals surface area (Å²) in [5, 5.41) is 13.0. The van der Waals surface area contributed by atoms with E-state index in [0.717, 1.165) is 5.56 Å². The lowest BCUT2D eigenvalue weighted by Crippen LogP contribution is -2.00. The van der Waals surface area contributed by atoms with Crippen LogP contribution >= 0.6 is 0 Å². The maximum absolute atomic E-state index is 9.00. The molecule has 0 amide bonds. The lowest BCUT2D eigenvalue weighted by molar-refractivity contribution is 0.130. The minimum absolute atomic E-state index is 0.403. The van der Waals surface area contributed by atoms with Gasteiger partial charge in [-0.2, -0.15) is 5.26 Å². The number of nitrogens with zero attached hydrogens (tertiary/aromatic N) is 3. The number of benzene rings is 1. The van der Waals surface area contributed by atoms with Gasteiger partial charge < -0.3 is 4.84 Å². The first-order valence-corrected chi connectivity index (χ1v) is 5.86. The number of hydrogen-bond acceptors (Lipinski definition) is 4. The molecule has 0 saturated carbocycles. The summed E-state index contributed by atoms with van der Waals surface area (Å²) in [6, 6.07) is 13.6. The van der Waals surface area contributed by atoms with Crippen molar-refractivity contribution in [2.24, 2.45) is 5.16 Å². The molecule has 0 radical (unpaired) electrons. The Balaban J connectivity index is 2.06. The minimum atomic E-state index is 0.403. The summed E-state index contributed by atoms with van der Waals surface area (Å²) < 4.78 is 0. The first-order chi connectivity index (χ1) is 9.31. The van der Waals surface area contributed by atoms with E-state index in [1.807, 2.05) is 30.3 Å². The van der Waals surface area contributed by atoms with Crippen molar-refractivity contribution < 1.29 is 4.84 Å². The molecule has 94 valence electrons. The zero-order valence-corrected chi connectivity index (χ0v) is 10.6. The van der Waals surface area contributed by atoms with Gasteiger partial charge in [0.25, 0.3) is 0 Å². The Labute approximate surface area is 112 Å². The van der Waals surface area contributed by atoms with Gasteiger partial charge in [0.2, 0.25) is 0 Å². The molecule has 4 heteroatoms. The fourth-order valence-corrected chi connectivity index (χ4v) is 1.61. The van der Waals surface area contributed by atoms with Crippen LogP contribution in [-0.4, -0.2) is 10.7 Å². The van der Waals surface area contributed by atoms with Crippen LogP contribution in [0.15, 0.2) is 53.9 Å². The number of oxime groups is 1. The van der Waals surface area contributed by atoms with Crippen LogP contribution in [0.2, 0.25) is 0 Å². The van der Waals surface area contributed by atoms with Crippen LogP contribution in [0.5, 0.6) is 0 Å². The second kappa shape index (κ2) is 6.31. The largest absolute Gasteiger partial charge is 0.391 e. The van der Waals surface area contributed by atoms with E-state index in [-0.39, 0.29) is 0 Å². The van der Waals surface area contributed by atoms with Crippen molar-refractivity contribution in [3.05, 3.63) is 65.5 Å². The summed E-state index contributed by atoms with van der Waals surface area (Å²) in [6.07, 6.45) is 3.20. The molecule has 2 aromatic rings. The van der Waals surface area contributed by atoms with E-state index in [1.165, 1.54) is 0 Å². The molecule has 1 aromatic heterocycles.